The van der Waals surface area contributed by atoms with Crippen LogP contribution < -0.4 is 0 Å². The third-order valence-electron chi connectivity index (χ3n) is 5.62. The molecule has 0 aromatic carbocycles. The normalized spacial score (nSPS) is 22.1. The quantitative estimate of drug-likeness (QED) is 0.506. The Morgan fingerprint density at radius 3 is 2.50 bits per heavy atom. The Labute approximate surface area is 164 Å². The molecule has 1 N–H and O–H groups in total. The van der Waals surface area contributed by atoms with Gasteiger partial charge in [0.15, 0.2) is 5.65 Å². The summed E-state index contributed by atoms with van der Waals surface area (Å²) in [6, 6.07) is 2.05. The van der Waals surface area contributed by atoms with Gasteiger partial charge in [-0.2, -0.15) is 0 Å². The molecule has 0 spiro atoms. The summed E-state index contributed by atoms with van der Waals surface area (Å²) in [6.45, 7) is 9.02. The molecule has 4 heterocycles. The molecule has 2 fully saturated rings. The largest absolute Gasteiger partial charge is 0.356 e. The van der Waals surface area contributed by atoms with E-state index in [1.807, 2.05) is 62.2 Å². The fourth-order valence-corrected chi connectivity index (χ4v) is 4.27. The van der Waals surface area contributed by atoms with Gasteiger partial charge >= 0.3 is 0 Å². The number of allylic oxidation sites excluding steroid dienone is 3. The molecule has 7 heteroatoms. The number of likely N-dealkylation sites (tertiary alicyclic amines) is 2. The van der Waals surface area contributed by atoms with Crippen molar-refractivity contribution in [3.63, 3.8) is 0 Å². The molecule has 0 saturated carbocycles. The van der Waals surface area contributed by atoms with Gasteiger partial charge in [-0.15, -0.1) is 5.10 Å². The molecule has 2 atom stereocenters. The summed E-state index contributed by atoms with van der Waals surface area (Å²) in [7, 11) is 0. The zero-order chi connectivity index (χ0) is 19.8. The van der Waals surface area contributed by atoms with Crippen LogP contribution in [0.5, 0.6) is 0 Å². The van der Waals surface area contributed by atoms with Gasteiger partial charge in [0, 0.05) is 44.2 Å². The number of aromatic nitrogens is 3. The Hall–Kier alpha value is -2.96. The summed E-state index contributed by atoms with van der Waals surface area (Å²) in [5.74, 6) is 1.52. The topological polar surface area (TPSA) is 77.6 Å². The van der Waals surface area contributed by atoms with Gasteiger partial charge in [-0.25, -0.2) is 9.50 Å². The third-order valence-corrected chi connectivity index (χ3v) is 5.62. The van der Waals surface area contributed by atoms with Crippen LogP contribution >= 0.6 is 0 Å². The summed E-state index contributed by atoms with van der Waals surface area (Å²) < 4.78 is 1.70. The highest BCUT2D eigenvalue weighted by Gasteiger charge is 2.42. The van der Waals surface area contributed by atoms with Crippen LogP contribution in [0.15, 0.2) is 36.6 Å². The molecule has 2 unspecified atom stereocenters. The lowest BCUT2D eigenvalue weighted by atomic mass is 10.0. The van der Waals surface area contributed by atoms with Crippen molar-refractivity contribution in [3.05, 3.63) is 53.5 Å². The average molecular weight is 378 g/mol. The van der Waals surface area contributed by atoms with E-state index in [0.717, 1.165) is 29.9 Å². The molecule has 2 aliphatic rings. The fourth-order valence-electron chi connectivity index (χ4n) is 4.27. The van der Waals surface area contributed by atoms with Crippen molar-refractivity contribution in [3.8, 4) is 0 Å². The number of rotatable bonds is 3. The predicted octanol–water partition coefficient (Wildman–Crippen LogP) is 2.46. The third kappa shape index (κ3) is 3.32. The minimum absolute atomic E-state index is 0.0928. The first kappa shape index (κ1) is 18.4. The lowest BCUT2D eigenvalue weighted by molar-refractivity contribution is 0.0766. The molecule has 0 radical (unpaired) electrons. The van der Waals surface area contributed by atoms with Crippen LogP contribution in [0, 0.1) is 31.1 Å². The molecule has 7 nitrogen and oxygen atoms in total. The van der Waals surface area contributed by atoms with E-state index in [2.05, 4.69) is 15.0 Å². The van der Waals surface area contributed by atoms with E-state index >= 15 is 0 Å². The number of fused-ring (bicyclic) bond motifs is 2. The van der Waals surface area contributed by atoms with E-state index in [-0.39, 0.29) is 11.7 Å². The summed E-state index contributed by atoms with van der Waals surface area (Å²) in [6.07, 6.45) is 9.49. The zero-order valence-corrected chi connectivity index (χ0v) is 16.6. The zero-order valence-electron chi connectivity index (χ0n) is 16.6. The van der Waals surface area contributed by atoms with E-state index < -0.39 is 0 Å². The number of carbonyl (C=O) groups excluding carboxylic acids is 1. The average Bonchev–Trinajstić information content (AvgIpc) is 3.33. The van der Waals surface area contributed by atoms with E-state index in [0.29, 0.717) is 30.8 Å². The molecule has 28 heavy (non-hydrogen) atoms. The van der Waals surface area contributed by atoms with Gasteiger partial charge in [0.2, 0.25) is 5.82 Å². The highest BCUT2D eigenvalue weighted by atomic mass is 16.2. The number of amides is 1. The maximum atomic E-state index is 12.9. The van der Waals surface area contributed by atoms with Crippen LogP contribution in [0.4, 0.5) is 0 Å². The van der Waals surface area contributed by atoms with Crippen molar-refractivity contribution in [2.24, 2.45) is 11.8 Å². The first-order chi connectivity index (χ1) is 13.5. The van der Waals surface area contributed by atoms with Gasteiger partial charge in [0.05, 0.1) is 0 Å². The number of hydrogen-bond donors (Lipinski definition) is 1. The second-order valence-corrected chi connectivity index (χ2v) is 7.81. The maximum absolute atomic E-state index is 12.9. The molecule has 0 aliphatic carbocycles. The Balaban J connectivity index is 1.43. The second-order valence-electron chi connectivity index (χ2n) is 7.81. The Morgan fingerprint density at radius 2 is 1.82 bits per heavy atom. The molecule has 2 aliphatic heterocycles. The Bertz CT molecular complexity index is 974. The van der Waals surface area contributed by atoms with E-state index in [1.165, 1.54) is 0 Å². The molecule has 146 valence electrons. The highest BCUT2D eigenvalue weighted by molar-refractivity contribution is 5.92. The molecular formula is C21H26N6O. The van der Waals surface area contributed by atoms with Gasteiger partial charge in [-0.05, 0) is 38.0 Å². The van der Waals surface area contributed by atoms with Gasteiger partial charge in [0.25, 0.3) is 5.91 Å². The Kier molecular flexibility index (Phi) is 4.75. The first-order valence-corrected chi connectivity index (χ1v) is 9.72. The van der Waals surface area contributed by atoms with Gasteiger partial charge in [0.1, 0.15) is 5.84 Å². The van der Waals surface area contributed by atoms with Crippen molar-refractivity contribution in [2.45, 2.75) is 20.8 Å². The first-order valence-electron chi connectivity index (χ1n) is 9.72. The van der Waals surface area contributed by atoms with Crippen LogP contribution in [0.3, 0.4) is 0 Å². The van der Waals surface area contributed by atoms with E-state index in [9.17, 15) is 4.79 Å². The van der Waals surface area contributed by atoms with Crippen molar-refractivity contribution in [1.82, 2.24) is 24.4 Å². The van der Waals surface area contributed by atoms with Crippen LogP contribution in [0.25, 0.3) is 5.65 Å². The fraction of sp³-hybridized carbons (Fsp3) is 0.429. The summed E-state index contributed by atoms with van der Waals surface area (Å²) in [5, 5.41) is 12.6. The SMILES string of the molecule is C/C=C/C=C\C(=N)N1CC2CN(C(=O)c3nc4c(C)cc(C)cn4n3)CC2C1. The van der Waals surface area contributed by atoms with Crippen molar-refractivity contribution >= 4 is 17.4 Å². The van der Waals surface area contributed by atoms with Gasteiger partial charge < -0.3 is 9.80 Å². The lowest BCUT2D eigenvalue weighted by Gasteiger charge is -2.21. The summed E-state index contributed by atoms with van der Waals surface area (Å²) >= 11 is 0. The van der Waals surface area contributed by atoms with Crippen molar-refractivity contribution in [1.29, 1.82) is 5.41 Å². The number of nitrogens with one attached hydrogen (secondary N) is 1. The molecule has 2 saturated heterocycles. The molecule has 2 aromatic heterocycles. The van der Waals surface area contributed by atoms with Gasteiger partial charge in [-0.3, -0.25) is 10.2 Å². The molecule has 4 rings (SSSR count). The van der Waals surface area contributed by atoms with E-state index in [4.69, 9.17) is 5.41 Å². The molecule has 0 bridgehead atoms. The van der Waals surface area contributed by atoms with Crippen LogP contribution in [0.1, 0.15) is 28.7 Å². The summed E-state index contributed by atoms with van der Waals surface area (Å²) in [4.78, 5) is 21.4. The highest BCUT2D eigenvalue weighted by Crippen LogP contribution is 2.32. The molecule has 2 aromatic rings. The number of amidine groups is 1. The Morgan fingerprint density at radius 1 is 1.14 bits per heavy atom. The number of pyridine rings is 1. The lowest BCUT2D eigenvalue weighted by Crippen LogP contribution is -2.35. The van der Waals surface area contributed by atoms with Crippen molar-refractivity contribution in [2.75, 3.05) is 26.2 Å². The minimum atomic E-state index is -0.0928. The van der Waals surface area contributed by atoms with Crippen LogP contribution in [-0.4, -0.2) is 62.3 Å². The molecular weight excluding hydrogens is 352 g/mol. The number of aryl methyl sites for hydroxylation is 2. The number of carbonyl (C=O) groups is 1. The standard InChI is InChI=1S/C21H26N6O/c1-4-5-6-7-18(22)25-10-16-12-26(13-17(16)11-25)21(28)19-23-20-15(3)8-14(2)9-27(20)24-19/h4-9,16-17,22H,10-13H2,1-3H3/b5-4+,7-6-,22-18?. The van der Waals surface area contributed by atoms with Crippen LogP contribution in [0.2, 0.25) is 0 Å². The van der Waals surface area contributed by atoms with E-state index in [1.54, 1.807) is 4.52 Å². The van der Waals surface area contributed by atoms with Gasteiger partial charge in [-0.1, -0.05) is 24.3 Å². The maximum Gasteiger partial charge on any atom is 0.293 e. The number of nitrogens with zero attached hydrogens (tertiary/aromatic N) is 5. The smallest absolute Gasteiger partial charge is 0.293 e. The number of hydrogen-bond acceptors (Lipinski definition) is 4. The van der Waals surface area contributed by atoms with Crippen LogP contribution in [-0.2, 0) is 0 Å². The molecule has 1 amide bonds. The monoisotopic (exact) mass is 378 g/mol. The minimum Gasteiger partial charge on any atom is -0.356 e. The second kappa shape index (κ2) is 7.22. The summed E-state index contributed by atoms with van der Waals surface area (Å²) in [5.41, 5.74) is 2.85. The van der Waals surface area contributed by atoms with Crippen molar-refractivity contribution < 1.29 is 4.79 Å². The predicted molar refractivity (Wildman–Crippen MR) is 109 cm³/mol.